The number of pyridine rings is 2. The molecular formula is C43H51F6N9O7. The SMILES string of the molecule is CC(C)(C)OC(=O)N1CCC1(C)C(=O)CCc1cc(-c2ccc(C(F)(F)F)nc2)ncn1.CC(C)(C)OC(=O)N1CCC1(C)C(=O)O.NCc1cc(-c2ccc(C(F)(F)F)nc2)ncn1. The van der Waals surface area contributed by atoms with E-state index in [9.17, 15) is 45.5 Å². The summed E-state index contributed by atoms with van der Waals surface area (Å²) in [5, 5.41) is 8.96. The van der Waals surface area contributed by atoms with Gasteiger partial charge in [-0.25, -0.2) is 34.3 Å². The van der Waals surface area contributed by atoms with Gasteiger partial charge in [-0.05, 0) is 111 Å². The van der Waals surface area contributed by atoms with E-state index in [4.69, 9.17) is 20.3 Å². The third kappa shape index (κ3) is 13.6. The van der Waals surface area contributed by atoms with E-state index in [-0.39, 0.29) is 18.7 Å². The van der Waals surface area contributed by atoms with Crippen molar-refractivity contribution in [1.82, 2.24) is 39.7 Å². The van der Waals surface area contributed by atoms with E-state index in [1.165, 1.54) is 41.5 Å². The Balaban J connectivity index is 0.000000236. The van der Waals surface area contributed by atoms with Crippen LogP contribution in [-0.4, -0.2) is 104 Å². The normalized spacial score (nSPS) is 18.4. The molecule has 2 atom stereocenters. The first-order valence-electron chi connectivity index (χ1n) is 20.1. The molecule has 3 N–H and O–H groups in total. The van der Waals surface area contributed by atoms with E-state index >= 15 is 0 Å². The first-order valence-corrected chi connectivity index (χ1v) is 20.1. The Bertz CT molecular complexity index is 2320. The van der Waals surface area contributed by atoms with Gasteiger partial charge in [0.1, 0.15) is 46.3 Å². The number of ketones is 1. The van der Waals surface area contributed by atoms with Crippen molar-refractivity contribution in [2.24, 2.45) is 5.73 Å². The quantitative estimate of drug-likeness (QED) is 0.160. The van der Waals surface area contributed by atoms with Crippen LogP contribution in [0.25, 0.3) is 22.5 Å². The van der Waals surface area contributed by atoms with Crippen LogP contribution in [0.4, 0.5) is 35.9 Å². The Morgan fingerprint density at radius 1 is 0.662 bits per heavy atom. The van der Waals surface area contributed by atoms with Gasteiger partial charge >= 0.3 is 30.5 Å². The molecule has 2 aliphatic heterocycles. The minimum absolute atomic E-state index is 0.106. The smallest absolute Gasteiger partial charge is 0.433 e. The molecule has 2 aliphatic rings. The molecule has 22 heteroatoms. The fourth-order valence-corrected chi connectivity index (χ4v) is 6.15. The van der Waals surface area contributed by atoms with Gasteiger partial charge in [0.15, 0.2) is 5.78 Å². The molecule has 2 amide bonds. The second-order valence-corrected chi connectivity index (χ2v) is 17.4. The number of rotatable bonds is 8. The first kappa shape index (κ1) is 51.3. The van der Waals surface area contributed by atoms with Gasteiger partial charge in [0.2, 0.25) is 0 Å². The number of carboxylic acids is 1. The number of hydrogen-bond acceptors (Lipinski definition) is 13. The summed E-state index contributed by atoms with van der Waals surface area (Å²) in [5.74, 6) is -1.09. The van der Waals surface area contributed by atoms with Crippen molar-refractivity contribution in [3.8, 4) is 22.5 Å². The van der Waals surface area contributed by atoms with Gasteiger partial charge in [-0.2, -0.15) is 26.3 Å². The summed E-state index contributed by atoms with van der Waals surface area (Å²) >= 11 is 0. The van der Waals surface area contributed by atoms with Crippen LogP contribution in [0.3, 0.4) is 0 Å². The molecule has 2 unspecified atom stereocenters. The van der Waals surface area contributed by atoms with Crippen LogP contribution in [0.1, 0.15) is 97.4 Å². The zero-order chi connectivity index (χ0) is 48.8. The van der Waals surface area contributed by atoms with Gasteiger partial charge in [0, 0.05) is 55.3 Å². The van der Waals surface area contributed by atoms with Crippen molar-refractivity contribution in [2.75, 3.05) is 13.1 Å². The molecule has 2 saturated heterocycles. The predicted octanol–water partition coefficient (Wildman–Crippen LogP) is 7.95. The second kappa shape index (κ2) is 19.8. The molecule has 16 nitrogen and oxygen atoms in total. The maximum atomic E-state index is 12.9. The van der Waals surface area contributed by atoms with Gasteiger partial charge in [-0.3, -0.25) is 24.6 Å². The zero-order valence-corrected chi connectivity index (χ0v) is 37.0. The molecule has 0 bridgehead atoms. The third-order valence-corrected chi connectivity index (χ3v) is 10.1. The van der Waals surface area contributed by atoms with Crippen LogP contribution < -0.4 is 5.73 Å². The highest BCUT2D eigenvalue weighted by atomic mass is 19.4. The Kier molecular flexibility index (Phi) is 15.7. The van der Waals surface area contributed by atoms with Crippen LogP contribution in [0.5, 0.6) is 0 Å². The second-order valence-electron chi connectivity index (χ2n) is 17.4. The monoisotopic (exact) mass is 919 g/mol. The minimum Gasteiger partial charge on any atom is -0.480 e. The number of carboxylic acid groups (broad SMARTS) is 1. The van der Waals surface area contributed by atoms with E-state index in [2.05, 4.69) is 29.9 Å². The van der Waals surface area contributed by atoms with Gasteiger partial charge in [0.25, 0.3) is 0 Å². The maximum Gasteiger partial charge on any atom is 0.433 e. The molecule has 0 saturated carbocycles. The number of halogens is 6. The van der Waals surface area contributed by atoms with Crippen molar-refractivity contribution >= 4 is 23.9 Å². The summed E-state index contributed by atoms with van der Waals surface area (Å²) in [6.45, 7) is 14.9. The molecular weight excluding hydrogens is 869 g/mol. The number of nitrogens with two attached hydrogens (primary N) is 1. The fourth-order valence-electron chi connectivity index (χ4n) is 6.15. The highest BCUT2D eigenvalue weighted by molar-refractivity contribution is 5.93. The molecule has 6 rings (SSSR count). The molecule has 0 radical (unpaired) electrons. The summed E-state index contributed by atoms with van der Waals surface area (Å²) in [4.78, 5) is 73.4. The number of amides is 2. The molecule has 4 aromatic heterocycles. The lowest BCUT2D eigenvalue weighted by Gasteiger charge is -2.49. The number of aromatic nitrogens is 6. The molecule has 4 aromatic rings. The Hall–Kier alpha value is -6.32. The highest BCUT2D eigenvalue weighted by Crippen LogP contribution is 2.35. The number of carbonyl (C=O) groups excluding carboxylic acids is 3. The molecule has 6 heterocycles. The number of aliphatic carboxylic acids is 1. The largest absolute Gasteiger partial charge is 0.480 e. The van der Waals surface area contributed by atoms with Crippen LogP contribution in [0, 0.1) is 0 Å². The summed E-state index contributed by atoms with van der Waals surface area (Å²) < 4.78 is 85.6. The molecule has 0 aromatic carbocycles. The van der Waals surface area contributed by atoms with Crippen LogP contribution in [0.15, 0.2) is 61.4 Å². The first-order chi connectivity index (χ1) is 30.0. The lowest BCUT2D eigenvalue weighted by atomic mass is 9.81. The lowest BCUT2D eigenvalue weighted by molar-refractivity contribution is -0.158. The van der Waals surface area contributed by atoms with Crippen molar-refractivity contribution in [3.05, 3.63) is 84.2 Å². The number of Topliss-reactive ketones (excluding diaryl/α,β-unsaturated/α-hetero) is 1. The topological polar surface area (TPSA) is 217 Å². The van der Waals surface area contributed by atoms with E-state index in [0.717, 1.165) is 24.5 Å². The molecule has 352 valence electrons. The van der Waals surface area contributed by atoms with Gasteiger partial charge in [-0.15, -0.1) is 0 Å². The number of ether oxygens (including phenoxy) is 2. The summed E-state index contributed by atoms with van der Waals surface area (Å²) in [6, 6.07) is 7.65. The van der Waals surface area contributed by atoms with Crippen LogP contribution in [-0.2, 0) is 44.4 Å². The van der Waals surface area contributed by atoms with Crippen LogP contribution >= 0.6 is 0 Å². The molecule has 65 heavy (non-hydrogen) atoms. The van der Waals surface area contributed by atoms with Gasteiger partial charge < -0.3 is 20.3 Å². The Morgan fingerprint density at radius 3 is 1.42 bits per heavy atom. The van der Waals surface area contributed by atoms with E-state index in [1.54, 1.807) is 60.6 Å². The van der Waals surface area contributed by atoms with E-state index in [1.807, 2.05) is 0 Å². The molecule has 0 aliphatic carbocycles. The minimum atomic E-state index is -4.51. The molecule has 0 spiro atoms. The zero-order valence-electron chi connectivity index (χ0n) is 37.0. The summed E-state index contributed by atoms with van der Waals surface area (Å²) in [6.07, 6.45) is -3.69. The third-order valence-electron chi connectivity index (χ3n) is 10.1. The van der Waals surface area contributed by atoms with E-state index < -0.39 is 64.2 Å². The number of alkyl halides is 6. The summed E-state index contributed by atoms with van der Waals surface area (Å²) in [7, 11) is 0. The predicted molar refractivity (Wildman–Crippen MR) is 221 cm³/mol. The van der Waals surface area contributed by atoms with Crippen molar-refractivity contribution in [3.63, 3.8) is 0 Å². The standard InChI is InChI=1S/C22H25F3N4O3.C11H9F3N4.C10H17NO4/c1-20(2,3)32-19(31)29-10-9-21(29,4)18(30)8-6-15-11-16(28-13-27-15)14-5-7-17(26-12-14)22(23,24)25;12-11(13,14)10-2-1-7(5-16-10)9-3-8(4-15)17-6-18-9;1-9(2,3)15-8(14)11-6-5-10(11,4)7(12)13/h5,7,11-13H,6,8-10H2,1-4H3;1-3,5-6H,4,15H2;5-6H2,1-4H3,(H,12,13). The Labute approximate surface area is 371 Å². The number of carbonyl (C=O) groups is 4. The Morgan fingerprint density at radius 2 is 1.08 bits per heavy atom. The highest BCUT2D eigenvalue weighted by Gasteiger charge is 2.52. The van der Waals surface area contributed by atoms with Gasteiger partial charge in [0.05, 0.1) is 17.1 Å². The number of nitrogens with zero attached hydrogens (tertiary/aromatic N) is 8. The maximum absolute atomic E-state index is 12.9. The van der Waals surface area contributed by atoms with Gasteiger partial charge in [-0.1, -0.05) is 0 Å². The van der Waals surface area contributed by atoms with Crippen molar-refractivity contribution < 1.29 is 60.1 Å². The number of likely N-dealkylation sites (tertiary alicyclic amines) is 2. The summed E-state index contributed by atoms with van der Waals surface area (Å²) in [5.41, 5.74) is 3.23. The average Bonchev–Trinajstić information content (AvgIpc) is 3.20. The van der Waals surface area contributed by atoms with Crippen molar-refractivity contribution in [1.29, 1.82) is 0 Å². The fraction of sp³-hybridized carbons (Fsp3) is 0.488. The van der Waals surface area contributed by atoms with Crippen molar-refractivity contribution in [2.45, 2.75) is 122 Å². The molecule has 2 fully saturated rings. The lowest BCUT2D eigenvalue weighted by Crippen LogP contribution is -2.65. The number of aryl methyl sites for hydroxylation is 1. The number of hydrogen-bond donors (Lipinski definition) is 2. The van der Waals surface area contributed by atoms with E-state index in [0.29, 0.717) is 66.3 Å². The van der Waals surface area contributed by atoms with Crippen LogP contribution in [0.2, 0.25) is 0 Å². The average molecular weight is 920 g/mol.